The molecule has 0 amide bonds. The number of nitrogens with zero attached hydrogens (tertiary/aromatic N) is 4. The molecule has 2 aliphatic heterocycles. The van der Waals surface area contributed by atoms with E-state index in [1.807, 2.05) is 6.20 Å². The monoisotopic (exact) mass is 252 g/mol. The molecule has 1 aromatic carbocycles. The van der Waals surface area contributed by atoms with E-state index < -0.39 is 0 Å². The van der Waals surface area contributed by atoms with Crippen LogP contribution >= 0.6 is 0 Å². The molecule has 0 spiro atoms. The van der Waals surface area contributed by atoms with Crippen molar-refractivity contribution >= 4 is 17.2 Å². The van der Waals surface area contributed by atoms with Crippen LogP contribution in [0.25, 0.3) is 0 Å². The molecule has 0 bridgehead atoms. The number of fused-ring (bicyclic) bond motifs is 5. The van der Waals surface area contributed by atoms with Crippen molar-refractivity contribution in [1.29, 1.82) is 0 Å². The molecule has 1 unspecified atom stereocenters. The Morgan fingerprint density at radius 1 is 1.21 bits per heavy atom. The molecule has 3 heterocycles. The first-order valence-corrected chi connectivity index (χ1v) is 6.73. The average Bonchev–Trinajstić information content (AvgIpc) is 2.91. The maximum absolute atomic E-state index is 4.51. The van der Waals surface area contributed by atoms with Crippen LogP contribution in [-0.4, -0.2) is 22.2 Å². The van der Waals surface area contributed by atoms with Crippen LogP contribution < -0.4 is 9.80 Å². The zero-order valence-electron chi connectivity index (χ0n) is 11.1. The minimum atomic E-state index is 0.351. The second kappa shape index (κ2) is 3.70. The fourth-order valence-electron chi connectivity index (χ4n) is 3.31. The van der Waals surface area contributed by atoms with Gasteiger partial charge in [-0.05, 0) is 25.5 Å². The van der Waals surface area contributed by atoms with E-state index in [1.165, 1.54) is 11.3 Å². The van der Waals surface area contributed by atoms with E-state index in [-0.39, 0.29) is 0 Å². The number of hydrogen-bond donors (Lipinski definition) is 0. The van der Waals surface area contributed by atoms with Crippen LogP contribution in [0.4, 0.5) is 17.2 Å². The van der Waals surface area contributed by atoms with Crippen LogP contribution in [0.15, 0.2) is 36.8 Å². The van der Waals surface area contributed by atoms with Gasteiger partial charge in [0.1, 0.15) is 18.2 Å². The Morgan fingerprint density at radius 3 is 2.89 bits per heavy atom. The molecule has 2 aliphatic rings. The SMILES string of the molecule is CC(C)N1c2cncnc2N2c3ccccc3CC21. The minimum Gasteiger partial charge on any atom is -0.344 e. The molecule has 0 radical (unpaired) electrons. The third-order valence-corrected chi connectivity index (χ3v) is 4.01. The van der Waals surface area contributed by atoms with Crippen LogP contribution in [0.5, 0.6) is 0 Å². The number of rotatable bonds is 1. The number of aromatic nitrogens is 2. The lowest BCUT2D eigenvalue weighted by molar-refractivity contribution is 0.588. The molecule has 0 saturated heterocycles. The Bertz CT molecular complexity index is 638. The van der Waals surface area contributed by atoms with Crippen molar-refractivity contribution in [2.24, 2.45) is 0 Å². The van der Waals surface area contributed by atoms with Gasteiger partial charge in [-0.25, -0.2) is 9.97 Å². The topological polar surface area (TPSA) is 32.3 Å². The Hall–Kier alpha value is -2.10. The largest absolute Gasteiger partial charge is 0.344 e. The van der Waals surface area contributed by atoms with E-state index in [9.17, 15) is 0 Å². The summed E-state index contributed by atoms with van der Waals surface area (Å²) in [5.74, 6) is 1.04. The normalized spacial score (nSPS) is 19.6. The van der Waals surface area contributed by atoms with Crippen molar-refractivity contribution in [1.82, 2.24) is 9.97 Å². The predicted molar refractivity (Wildman–Crippen MR) is 75.7 cm³/mol. The first-order valence-electron chi connectivity index (χ1n) is 6.73. The molecule has 19 heavy (non-hydrogen) atoms. The molecule has 1 atom stereocenters. The number of para-hydroxylation sites is 1. The zero-order chi connectivity index (χ0) is 13.0. The van der Waals surface area contributed by atoms with Crippen LogP contribution in [0.1, 0.15) is 19.4 Å². The van der Waals surface area contributed by atoms with Crippen molar-refractivity contribution in [2.45, 2.75) is 32.5 Å². The molecule has 4 heteroatoms. The van der Waals surface area contributed by atoms with Gasteiger partial charge in [0.25, 0.3) is 0 Å². The summed E-state index contributed by atoms with van der Waals surface area (Å²) in [6.45, 7) is 4.45. The maximum Gasteiger partial charge on any atom is 0.161 e. The average molecular weight is 252 g/mol. The third kappa shape index (κ3) is 1.34. The summed E-state index contributed by atoms with van der Waals surface area (Å²) in [6, 6.07) is 9.05. The first-order chi connectivity index (χ1) is 9.27. The van der Waals surface area contributed by atoms with Crippen LogP contribution in [0.2, 0.25) is 0 Å². The van der Waals surface area contributed by atoms with Gasteiger partial charge in [-0.2, -0.15) is 0 Å². The van der Waals surface area contributed by atoms with Gasteiger partial charge in [-0.15, -0.1) is 0 Å². The standard InChI is InChI=1S/C15H16N4/c1-10(2)18-13-8-16-9-17-15(13)19-12-6-4-3-5-11(12)7-14(18)19/h3-6,8-10,14H,7H2,1-2H3. The molecule has 0 saturated carbocycles. The van der Waals surface area contributed by atoms with E-state index in [1.54, 1.807) is 6.33 Å². The summed E-state index contributed by atoms with van der Waals surface area (Å²) in [6.07, 6.45) is 4.97. The Kier molecular flexibility index (Phi) is 2.10. The van der Waals surface area contributed by atoms with Crippen molar-refractivity contribution in [3.63, 3.8) is 0 Å². The lowest BCUT2D eigenvalue weighted by Crippen LogP contribution is -2.43. The van der Waals surface area contributed by atoms with E-state index in [2.05, 4.69) is 57.9 Å². The van der Waals surface area contributed by atoms with Gasteiger partial charge < -0.3 is 9.80 Å². The molecule has 1 aromatic heterocycles. The molecule has 0 fully saturated rings. The first kappa shape index (κ1) is 10.8. The van der Waals surface area contributed by atoms with Crippen molar-refractivity contribution < 1.29 is 0 Å². The Morgan fingerprint density at radius 2 is 2.05 bits per heavy atom. The van der Waals surface area contributed by atoms with Gasteiger partial charge >= 0.3 is 0 Å². The smallest absolute Gasteiger partial charge is 0.161 e. The summed E-state index contributed by atoms with van der Waals surface area (Å²) in [5.41, 5.74) is 3.84. The highest BCUT2D eigenvalue weighted by Crippen LogP contribution is 2.48. The summed E-state index contributed by atoms with van der Waals surface area (Å²) in [4.78, 5) is 13.5. The van der Waals surface area contributed by atoms with Gasteiger partial charge in [-0.1, -0.05) is 18.2 Å². The zero-order valence-corrected chi connectivity index (χ0v) is 11.1. The van der Waals surface area contributed by atoms with Gasteiger partial charge in [0, 0.05) is 18.2 Å². The summed E-state index contributed by atoms with van der Waals surface area (Å²) >= 11 is 0. The van der Waals surface area contributed by atoms with Crippen molar-refractivity contribution in [3.8, 4) is 0 Å². The molecule has 0 aliphatic carbocycles. The highest BCUT2D eigenvalue weighted by atomic mass is 15.5. The molecular formula is C15H16N4. The van der Waals surface area contributed by atoms with Gasteiger partial charge in [0.2, 0.25) is 0 Å². The van der Waals surface area contributed by atoms with Crippen LogP contribution in [0, 0.1) is 0 Å². The highest BCUT2D eigenvalue weighted by Gasteiger charge is 2.43. The van der Waals surface area contributed by atoms with Crippen molar-refractivity contribution in [2.75, 3.05) is 9.80 Å². The molecule has 4 nitrogen and oxygen atoms in total. The van der Waals surface area contributed by atoms with Crippen LogP contribution in [-0.2, 0) is 6.42 Å². The number of hydrogen-bond acceptors (Lipinski definition) is 4. The van der Waals surface area contributed by atoms with E-state index in [0.29, 0.717) is 12.2 Å². The summed E-state index contributed by atoms with van der Waals surface area (Å²) in [7, 11) is 0. The van der Waals surface area contributed by atoms with Gasteiger partial charge in [-0.3, -0.25) is 0 Å². The van der Waals surface area contributed by atoms with E-state index >= 15 is 0 Å². The fourth-order valence-corrected chi connectivity index (χ4v) is 3.31. The third-order valence-electron chi connectivity index (χ3n) is 4.01. The molecule has 0 N–H and O–H groups in total. The second-order valence-electron chi connectivity index (χ2n) is 5.42. The Balaban J connectivity index is 1.92. The van der Waals surface area contributed by atoms with Crippen LogP contribution in [0.3, 0.4) is 0 Å². The lowest BCUT2D eigenvalue weighted by atomic mass is 10.1. The molecule has 4 rings (SSSR count). The predicted octanol–water partition coefficient (Wildman–Crippen LogP) is 2.73. The Labute approximate surface area is 112 Å². The maximum atomic E-state index is 4.51. The van der Waals surface area contributed by atoms with Crippen molar-refractivity contribution in [3.05, 3.63) is 42.4 Å². The van der Waals surface area contributed by atoms with Gasteiger partial charge in [0.05, 0.1) is 6.20 Å². The molecule has 96 valence electrons. The second-order valence-corrected chi connectivity index (χ2v) is 5.42. The highest BCUT2D eigenvalue weighted by molar-refractivity contribution is 5.84. The fraction of sp³-hybridized carbons (Fsp3) is 0.333. The molecule has 2 aromatic rings. The van der Waals surface area contributed by atoms with Gasteiger partial charge in [0.15, 0.2) is 5.82 Å². The number of benzene rings is 1. The van der Waals surface area contributed by atoms with E-state index in [4.69, 9.17) is 0 Å². The summed E-state index contributed by atoms with van der Waals surface area (Å²) in [5, 5.41) is 0. The minimum absolute atomic E-state index is 0.351. The van der Waals surface area contributed by atoms with E-state index in [0.717, 1.165) is 17.9 Å². The molecular weight excluding hydrogens is 236 g/mol. The summed E-state index contributed by atoms with van der Waals surface area (Å²) < 4.78 is 0. The number of anilines is 3. The lowest BCUT2D eigenvalue weighted by Gasteiger charge is -2.30. The quantitative estimate of drug-likeness (QED) is 0.781.